The summed E-state index contributed by atoms with van der Waals surface area (Å²) in [4.78, 5) is 0. The van der Waals surface area contributed by atoms with Crippen molar-refractivity contribution in [3.05, 3.63) is 48.2 Å². The lowest BCUT2D eigenvalue weighted by molar-refractivity contribution is 0.0886. The lowest BCUT2D eigenvalue weighted by atomic mass is 9.93. The molecule has 0 heterocycles. The summed E-state index contributed by atoms with van der Waals surface area (Å²) in [6, 6.07) is 9.91. The van der Waals surface area contributed by atoms with Crippen LogP contribution in [-0.2, 0) is 11.3 Å². The van der Waals surface area contributed by atoms with Gasteiger partial charge in [-0.05, 0) is 5.56 Å². The number of rotatable bonds is 5. The molecule has 0 saturated carbocycles. The minimum Gasteiger partial charge on any atom is -0.493 e. The lowest BCUT2D eigenvalue weighted by Crippen LogP contribution is -2.20. The molecule has 0 fully saturated rings. The smallest absolute Gasteiger partial charge is 0.113 e. The van der Waals surface area contributed by atoms with Crippen molar-refractivity contribution in [2.45, 2.75) is 20.5 Å². The standard InChI is InChI=1S/C13H18O2/c1-11(13(2,3)10-14)15-9-12-7-5-4-6-8-12/h4-8,14H,1,9-10H2,2-3H3. The molecule has 0 aliphatic rings. The third-order valence-corrected chi connectivity index (χ3v) is 2.41. The van der Waals surface area contributed by atoms with E-state index in [1.54, 1.807) is 0 Å². The summed E-state index contributed by atoms with van der Waals surface area (Å²) in [5, 5.41) is 9.12. The van der Waals surface area contributed by atoms with Crippen LogP contribution in [-0.4, -0.2) is 11.7 Å². The number of hydrogen-bond donors (Lipinski definition) is 1. The maximum absolute atomic E-state index is 9.12. The molecule has 0 aromatic heterocycles. The summed E-state index contributed by atoms with van der Waals surface area (Å²) in [5.74, 6) is 0.619. The predicted octanol–water partition coefficient (Wildman–Crippen LogP) is 2.74. The molecular weight excluding hydrogens is 188 g/mol. The second-order valence-electron chi connectivity index (χ2n) is 4.24. The predicted molar refractivity (Wildman–Crippen MR) is 61.2 cm³/mol. The summed E-state index contributed by atoms with van der Waals surface area (Å²) in [5.41, 5.74) is 0.724. The molecule has 0 aliphatic carbocycles. The zero-order valence-corrected chi connectivity index (χ0v) is 9.36. The molecule has 0 atom stereocenters. The summed E-state index contributed by atoms with van der Waals surface area (Å²) < 4.78 is 5.53. The van der Waals surface area contributed by atoms with Crippen molar-refractivity contribution in [2.75, 3.05) is 6.61 Å². The Labute approximate surface area is 91.2 Å². The minimum atomic E-state index is -0.380. The van der Waals surface area contributed by atoms with Crippen LogP contribution in [0, 0.1) is 5.41 Å². The van der Waals surface area contributed by atoms with Gasteiger partial charge in [-0.1, -0.05) is 50.8 Å². The fraction of sp³-hybridized carbons (Fsp3) is 0.385. The Kier molecular flexibility index (Phi) is 3.92. The first-order valence-electron chi connectivity index (χ1n) is 5.03. The Hall–Kier alpha value is -1.28. The molecule has 2 heteroatoms. The molecule has 1 N–H and O–H groups in total. The Balaban J connectivity index is 2.48. The second kappa shape index (κ2) is 4.99. The van der Waals surface area contributed by atoms with Gasteiger partial charge in [-0.25, -0.2) is 0 Å². The van der Waals surface area contributed by atoms with Crippen LogP contribution in [0.3, 0.4) is 0 Å². The number of aliphatic hydroxyl groups excluding tert-OH is 1. The normalized spacial score (nSPS) is 11.1. The number of ether oxygens (including phenoxy) is 1. The van der Waals surface area contributed by atoms with Crippen LogP contribution < -0.4 is 0 Å². The van der Waals surface area contributed by atoms with Gasteiger partial charge < -0.3 is 9.84 Å². The summed E-state index contributed by atoms with van der Waals surface area (Å²) in [7, 11) is 0. The molecule has 0 amide bonds. The Morgan fingerprint density at radius 3 is 2.47 bits per heavy atom. The maximum atomic E-state index is 9.12. The van der Waals surface area contributed by atoms with Gasteiger partial charge in [0.05, 0.1) is 12.4 Å². The molecule has 1 aromatic rings. The first-order valence-corrected chi connectivity index (χ1v) is 5.03. The molecule has 2 nitrogen and oxygen atoms in total. The average molecular weight is 206 g/mol. The first kappa shape index (κ1) is 11.8. The van der Waals surface area contributed by atoms with E-state index in [1.165, 1.54) is 0 Å². The van der Waals surface area contributed by atoms with Crippen molar-refractivity contribution in [1.82, 2.24) is 0 Å². The van der Waals surface area contributed by atoms with Gasteiger partial charge in [-0.15, -0.1) is 0 Å². The minimum absolute atomic E-state index is 0.0423. The van der Waals surface area contributed by atoms with E-state index in [0.29, 0.717) is 12.4 Å². The van der Waals surface area contributed by atoms with Crippen LogP contribution in [0.4, 0.5) is 0 Å². The number of hydrogen-bond acceptors (Lipinski definition) is 2. The molecule has 1 rings (SSSR count). The molecule has 0 bridgehead atoms. The Morgan fingerprint density at radius 1 is 1.33 bits per heavy atom. The van der Waals surface area contributed by atoms with Crippen molar-refractivity contribution < 1.29 is 9.84 Å². The first-order chi connectivity index (χ1) is 7.06. The zero-order chi connectivity index (χ0) is 11.3. The molecule has 0 saturated heterocycles. The molecular formula is C13H18O2. The van der Waals surface area contributed by atoms with Gasteiger partial charge in [0.1, 0.15) is 6.61 Å². The van der Waals surface area contributed by atoms with E-state index < -0.39 is 0 Å². The van der Waals surface area contributed by atoms with E-state index in [0.717, 1.165) is 5.56 Å². The molecule has 1 aromatic carbocycles. The average Bonchev–Trinajstić information content (AvgIpc) is 2.27. The van der Waals surface area contributed by atoms with Gasteiger partial charge in [0.25, 0.3) is 0 Å². The fourth-order valence-electron chi connectivity index (χ4n) is 1.03. The highest BCUT2D eigenvalue weighted by molar-refractivity contribution is 5.14. The SMILES string of the molecule is C=C(OCc1ccccc1)C(C)(C)CO. The van der Waals surface area contributed by atoms with E-state index in [9.17, 15) is 0 Å². The van der Waals surface area contributed by atoms with Crippen LogP contribution >= 0.6 is 0 Å². The topological polar surface area (TPSA) is 29.5 Å². The van der Waals surface area contributed by atoms with E-state index in [2.05, 4.69) is 6.58 Å². The van der Waals surface area contributed by atoms with Crippen molar-refractivity contribution in [3.63, 3.8) is 0 Å². The molecule has 0 unspecified atom stereocenters. The summed E-state index contributed by atoms with van der Waals surface area (Å²) >= 11 is 0. The zero-order valence-electron chi connectivity index (χ0n) is 9.36. The van der Waals surface area contributed by atoms with E-state index >= 15 is 0 Å². The van der Waals surface area contributed by atoms with Gasteiger partial charge in [0, 0.05) is 5.41 Å². The van der Waals surface area contributed by atoms with Crippen LogP contribution in [0.5, 0.6) is 0 Å². The summed E-state index contributed by atoms with van der Waals surface area (Å²) in [6.07, 6.45) is 0. The quantitative estimate of drug-likeness (QED) is 0.751. The third kappa shape index (κ3) is 3.40. The van der Waals surface area contributed by atoms with Crippen LogP contribution in [0.1, 0.15) is 19.4 Å². The number of benzene rings is 1. The molecule has 0 spiro atoms. The second-order valence-corrected chi connectivity index (χ2v) is 4.24. The van der Waals surface area contributed by atoms with Crippen molar-refractivity contribution in [3.8, 4) is 0 Å². The van der Waals surface area contributed by atoms with Gasteiger partial charge >= 0.3 is 0 Å². The van der Waals surface area contributed by atoms with E-state index in [4.69, 9.17) is 9.84 Å². The van der Waals surface area contributed by atoms with Gasteiger partial charge in [0.15, 0.2) is 0 Å². The lowest BCUT2D eigenvalue weighted by Gasteiger charge is -2.24. The van der Waals surface area contributed by atoms with Crippen LogP contribution in [0.2, 0.25) is 0 Å². The molecule has 15 heavy (non-hydrogen) atoms. The van der Waals surface area contributed by atoms with E-state index in [1.807, 2.05) is 44.2 Å². The van der Waals surface area contributed by atoms with Crippen molar-refractivity contribution >= 4 is 0 Å². The highest BCUT2D eigenvalue weighted by Gasteiger charge is 2.22. The van der Waals surface area contributed by atoms with Crippen LogP contribution in [0.25, 0.3) is 0 Å². The molecule has 82 valence electrons. The van der Waals surface area contributed by atoms with Gasteiger partial charge in [0.2, 0.25) is 0 Å². The highest BCUT2D eigenvalue weighted by Crippen LogP contribution is 2.25. The molecule has 0 radical (unpaired) electrons. The Morgan fingerprint density at radius 2 is 1.93 bits per heavy atom. The van der Waals surface area contributed by atoms with Crippen LogP contribution in [0.15, 0.2) is 42.7 Å². The Bertz CT molecular complexity index is 315. The monoisotopic (exact) mass is 206 g/mol. The van der Waals surface area contributed by atoms with Crippen molar-refractivity contribution in [1.29, 1.82) is 0 Å². The maximum Gasteiger partial charge on any atom is 0.113 e. The highest BCUT2D eigenvalue weighted by atomic mass is 16.5. The summed E-state index contributed by atoms with van der Waals surface area (Å²) in [6.45, 7) is 8.18. The van der Waals surface area contributed by atoms with Gasteiger partial charge in [-0.2, -0.15) is 0 Å². The third-order valence-electron chi connectivity index (χ3n) is 2.41. The fourth-order valence-corrected chi connectivity index (χ4v) is 1.03. The largest absolute Gasteiger partial charge is 0.493 e. The molecule has 0 aliphatic heterocycles. The number of aliphatic hydroxyl groups is 1. The van der Waals surface area contributed by atoms with E-state index in [-0.39, 0.29) is 12.0 Å². The van der Waals surface area contributed by atoms with Gasteiger partial charge in [-0.3, -0.25) is 0 Å². The van der Waals surface area contributed by atoms with Crippen molar-refractivity contribution in [2.24, 2.45) is 5.41 Å².